The Bertz CT molecular complexity index is 1280. The van der Waals surface area contributed by atoms with E-state index in [1.807, 2.05) is 26.8 Å². The fourth-order valence-electron chi connectivity index (χ4n) is 3.27. The number of hydrogen-bond donors (Lipinski definition) is 1. The van der Waals surface area contributed by atoms with Crippen LogP contribution in [0.2, 0.25) is 0 Å². The van der Waals surface area contributed by atoms with Crippen molar-refractivity contribution in [3.05, 3.63) is 83.7 Å². The molecule has 32 heavy (non-hydrogen) atoms. The Balaban J connectivity index is 0.00000141. The Morgan fingerprint density at radius 1 is 1.00 bits per heavy atom. The van der Waals surface area contributed by atoms with Gasteiger partial charge in [-0.2, -0.15) is 0 Å². The van der Waals surface area contributed by atoms with Crippen LogP contribution < -0.4 is 10.5 Å². The van der Waals surface area contributed by atoms with Crippen molar-refractivity contribution in [2.75, 3.05) is 0 Å². The second-order valence-electron chi connectivity index (χ2n) is 6.70. The Labute approximate surface area is 184 Å². The van der Waals surface area contributed by atoms with Gasteiger partial charge in [-0.1, -0.05) is 26.8 Å². The van der Waals surface area contributed by atoms with Crippen LogP contribution in [0.3, 0.4) is 0 Å². The molecule has 4 rings (SSSR count). The molecule has 0 atom stereocenters. The molecule has 7 heteroatoms. The molecule has 0 aliphatic carbocycles. The van der Waals surface area contributed by atoms with Crippen LogP contribution in [0.1, 0.15) is 36.7 Å². The zero-order valence-corrected chi connectivity index (χ0v) is 18.0. The van der Waals surface area contributed by atoms with E-state index in [0.29, 0.717) is 28.8 Å². The number of hydrogen-bond acceptors (Lipinski definition) is 4. The van der Waals surface area contributed by atoms with Crippen molar-refractivity contribution in [2.24, 2.45) is 5.73 Å². The Morgan fingerprint density at radius 2 is 1.78 bits per heavy atom. The molecule has 0 aliphatic rings. The van der Waals surface area contributed by atoms with Gasteiger partial charge >= 0.3 is 0 Å². The number of pyridine rings is 2. The topological polar surface area (TPSA) is 78.1 Å². The van der Waals surface area contributed by atoms with Crippen molar-refractivity contribution >= 4 is 16.8 Å². The van der Waals surface area contributed by atoms with Crippen LogP contribution in [0.15, 0.2) is 60.9 Å². The van der Waals surface area contributed by atoms with Crippen molar-refractivity contribution in [3.8, 4) is 22.8 Å². The third-order valence-corrected chi connectivity index (χ3v) is 4.69. The summed E-state index contributed by atoms with van der Waals surface area (Å²) < 4.78 is 33.5. The lowest BCUT2D eigenvalue weighted by molar-refractivity contribution is 0.0999. The average Bonchev–Trinajstić information content (AvgIpc) is 2.79. The summed E-state index contributed by atoms with van der Waals surface area (Å²) in [4.78, 5) is 19.7. The highest BCUT2D eigenvalue weighted by Gasteiger charge is 2.11. The largest absolute Gasteiger partial charge is 0.457 e. The summed E-state index contributed by atoms with van der Waals surface area (Å²) in [5.74, 6) is -1.00. The minimum absolute atomic E-state index is 0.0702. The number of benzene rings is 2. The molecule has 2 aromatic carbocycles. The molecule has 2 heterocycles. The normalized spacial score (nSPS) is 10.4. The third-order valence-electron chi connectivity index (χ3n) is 4.69. The average molecular weight is 435 g/mol. The van der Waals surface area contributed by atoms with Gasteiger partial charge in [0.05, 0.1) is 11.9 Å². The van der Waals surface area contributed by atoms with Crippen LogP contribution in [-0.2, 0) is 6.42 Å². The van der Waals surface area contributed by atoms with Crippen LogP contribution in [0.25, 0.3) is 22.2 Å². The Kier molecular flexibility index (Phi) is 7.10. The first-order valence-electron chi connectivity index (χ1n) is 10.3. The van der Waals surface area contributed by atoms with E-state index in [9.17, 15) is 13.6 Å². The molecule has 0 saturated carbocycles. The quantitative estimate of drug-likeness (QED) is 0.414. The number of carbonyl (C=O) groups excluding carboxylic acids is 1. The molecule has 5 nitrogen and oxygen atoms in total. The van der Waals surface area contributed by atoms with Crippen molar-refractivity contribution < 1.29 is 18.3 Å². The summed E-state index contributed by atoms with van der Waals surface area (Å²) >= 11 is 0. The molecule has 0 spiro atoms. The van der Waals surface area contributed by atoms with E-state index in [1.54, 1.807) is 30.5 Å². The van der Waals surface area contributed by atoms with Crippen molar-refractivity contribution in [2.45, 2.75) is 27.2 Å². The van der Waals surface area contributed by atoms with Gasteiger partial charge in [0.15, 0.2) is 5.82 Å². The summed E-state index contributed by atoms with van der Waals surface area (Å²) in [6.45, 7) is 5.93. The Hall–Kier alpha value is -3.87. The lowest BCUT2D eigenvalue weighted by Crippen LogP contribution is -2.13. The molecule has 2 N–H and O–H groups in total. The van der Waals surface area contributed by atoms with Crippen LogP contribution in [-0.4, -0.2) is 15.9 Å². The lowest BCUT2D eigenvalue weighted by Gasteiger charge is -2.10. The second-order valence-corrected chi connectivity index (χ2v) is 6.70. The molecule has 0 radical (unpaired) electrons. The molecule has 164 valence electrons. The maximum absolute atomic E-state index is 14.3. The summed E-state index contributed by atoms with van der Waals surface area (Å²) in [6, 6.07) is 12.5. The first-order valence-corrected chi connectivity index (χ1v) is 10.3. The smallest absolute Gasteiger partial charge is 0.248 e. The minimum Gasteiger partial charge on any atom is -0.457 e. The van der Waals surface area contributed by atoms with E-state index in [4.69, 9.17) is 10.5 Å². The number of halogens is 2. The van der Waals surface area contributed by atoms with E-state index in [1.165, 1.54) is 18.2 Å². The zero-order valence-electron chi connectivity index (χ0n) is 18.0. The van der Waals surface area contributed by atoms with Gasteiger partial charge in [-0.3, -0.25) is 14.8 Å². The molecular formula is C25H23F2N3O2. The van der Waals surface area contributed by atoms with Gasteiger partial charge < -0.3 is 10.5 Å². The van der Waals surface area contributed by atoms with Crippen molar-refractivity contribution in [1.29, 1.82) is 0 Å². The lowest BCUT2D eigenvalue weighted by atomic mass is 9.99. The van der Waals surface area contributed by atoms with Gasteiger partial charge in [-0.05, 0) is 42.3 Å². The van der Waals surface area contributed by atoms with E-state index < -0.39 is 17.5 Å². The monoisotopic (exact) mass is 435 g/mol. The highest BCUT2D eigenvalue weighted by molar-refractivity contribution is 5.95. The van der Waals surface area contributed by atoms with Crippen LogP contribution in [0, 0.1) is 11.6 Å². The first kappa shape index (κ1) is 22.8. The molecule has 0 fully saturated rings. The molecule has 4 aromatic rings. The number of aromatic nitrogens is 2. The predicted octanol–water partition coefficient (Wildman–Crippen LogP) is 6.05. The van der Waals surface area contributed by atoms with Gasteiger partial charge in [0.2, 0.25) is 5.91 Å². The summed E-state index contributed by atoms with van der Waals surface area (Å²) in [7, 11) is 0. The van der Waals surface area contributed by atoms with Crippen LogP contribution in [0.4, 0.5) is 8.78 Å². The van der Waals surface area contributed by atoms with E-state index >= 15 is 0 Å². The number of carbonyl (C=O) groups is 1. The summed E-state index contributed by atoms with van der Waals surface area (Å²) in [5.41, 5.74) is 8.19. The number of fused-ring (bicyclic) bond motifs is 1. The number of primary amides is 1. The number of ether oxygens (including phenoxy) is 1. The maximum Gasteiger partial charge on any atom is 0.248 e. The maximum atomic E-state index is 14.3. The minimum atomic E-state index is -0.605. The SMILES string of the molecule is CC.CCc1cc(-c2cc(Oc3cc(F)c4ncc(F)cc4c3)ccn2)ccc1C(N)=O. The van der Waals surface area contributed by atoms with E-state index in [0.717, 1.165) is 17.3 Å². The number of amides is 1. The molecule has 0 bridgehead atoms. The third kappa shape index (κ3) is 4.88. The summed E-state index contributed by atoms with van der Waals surface area (Å²) in [5, 5.41) is 0.300. The van der Waals surface area contributed by atoms with Crippen molar-refractivity contribution in [3.63, 3.8) is 0 Å². The van der Waals surface area contributed by atoms with Crippen molar-refractivity contribution in [1.82, 2.24) is 9.97 Å². The van der Waals surface area contributed by atoms with Gasteiger partial charge in [0, 0.05) is 34.8 Å². The predicted molar refractivity (Wildman–Crippen MR) is 121 cm³/mol. The fraction of sp³-hybridized carbons (Fsp3) is 0.160. The molecule has 0 unspecified atom stereocenters. The van der Waals surface area contributed by atoms with Gasteiger partial charge in [-0.25, -0.2) is 8.78 Å². The van der Waals surface area contributed by atoms with E-state index in [-0.39, 0.29) is 11.3 Å². The van der Waals surface area contributed by atoms with Crippen LogP contribution >= 0.6 is 0 Å². The molecule has 1 amide bonds. The first-order chi connectivity index (χ1) is 15.4. The highest BCUT2D eigenvalue weighted by atomic mass is 19.1. The highest BCUT2D eigenvalue weighted by Crippen LogP contribution is 2.30. The standard InChI is InChI=1S/C23H17F2N3O2.C2H6/c1-2-13-7-14(3-4-19(13)23(26)29)21-11-17(5-6-27-21)30-18-9-15-8-16(24)12-28-22(15)20(25)10-18;1-2/h3-12H,2H2,1H3,(H2,26,29);1-2H3. The number of aryl methyl sites for hydroxylation is 1. The fourth-order valence-corrected chi connectivity index (χ4v) is 3.27. The molecule has 0 aliphatic heterocycles. The zero-order chi connectivity index (χ0) is 23.3. The molecule has 2 aromatic heterocycles. The van der Waals surface area contributed by atoms with Crippen LogP contribution in [0.5, 0.6) is 11.5 Å². The number of nitrogens with two attached hydrogens (primary N) is 1. The van der Waals surface area contributed by atoms with E-state index in [2.05, 4.69) is 9.97 Å². The summed E-state index contributed by atoms with van der Waals surface area (Å²) in [6.07, 6.45) is 3.18. The van der Waals surface area contributed by atoms with Gasteiger partial charge in [0.1, 0.15) is 22.8 Å². The van der Waals surface area contributed by atoms with Gasteiger partial charge in [0.25, 0.3) is 0 Å². The molecular weight excluding hydrogens is 412 g/mol. The number of rotatable bonds is 5. The second kappa shape index (κ2) is 9.96. The van der Waals surface area contributed by atoms with Gasteiger partial charge in [-0.15, -0.1) is 0 Å². The number of nitrogens with zero attached hydrogens (tertiary/aromatic N) is 2. The Morgan fingerprint density at radius 3 is 2.50 bits per heavy atom. The molecule has 0 saturated heterocycles.